The molecule has 1 N–H and O–H groups in total. The summed E-state index contributed by atoms with van der Waals surface area (Å²) in [4.78, 5) is 12.5. The van der Waals surface area contributed by atoms with Crippen LogP contribution in [-0.2, 0) is 11.4 Å². The Labute approximate surface area is 200 Å². The second-order valence-electron chi connectivity index (χ2n) is 6.56. The highest BCUT2D eigenvalue weighted by atomic mass is 35.5. The van der Waals surface area contributed by atoms with Crippen LogP contribution in [-0.4, -0.2) is 13.0 Å². The Bertz CT molecular complexity index is 1220. The predicted molar refractivity (Wildman–Crippen MR) is 127 cm³/mol. The molecular weight excluding hydrogens is 471 g/mol. The molecule has 0 aliphatic rings. The highest BCUT2D eigenvalue weighted by Gasteiger charge is 2.15. The number of carbonyl (C=O) groups is 1. The number of nitriles is 1. The van der Waals surface area contributed by atoms with E-state index in [9.17, 15) is 10.1 Å². The molecule has 0 bridgehead atoms. The summed E-state index contributed by atoms with van der Waals surface area (Å²) in [6.07, 6.45) is 1.40. The fourth-order valence-corrected chi connectivity index (χ4v) is 3.48. The zero-order valence-corrected chi connectivity index (χ0v) is 19.1. The van der Waals surface area contributed by atoms with E-state index in [2.05, 4.69) is 5.32 Å². The van der Waals surface area contributed by atoms with E-state index in [0.717, 1.165) is 5.56 Å². The van der Waals surface area contributed by atoms with E-state index in [-0.39, 0.29) is 17.2 Å². The molecule has 0 aliphatic heterocycles. The zero-order valence-electron chi connectivity index (χ0n) is 16.9. The number of nitrogens with zero attached hydrogens (tertiary/aromatic N) is 1. The molecule has 1 amide bonds. The Morgan fingerprint density at radius 3 is 2.53 bits per heavy atom. The van der Waals surface area contributed by atoms with E-state index >= 15 is 0 Å². The number of carbonyl (C=O) groups excluding carboxylic acids is 1. The van der Waals surface area contributed by atoms with Gasteiger partial charge in [0.25, 0.3) is 5.91 Å². The van der Waals surface area contributed by atoms with Gasteiger partial charge in [-0.3, -0.25) is 4.79 Å². The van der Waals surface area contributed by atoms with Gasteiger partial charge >= 0.3 is 0 Å². The number of para-hydroxylation sites is 1. The number of ether oxygens (including phenoxy) is 2. The lowest BCUT2D eigenvalue weighted by atomic mass is 10.1. The molecule has 0 saturated carbocycles. The van der Waals surface area contributed by atoms with Gasteiger partial charge in [-0.15, -0.1) is 0 Å². The summed E-state index contributed by atoms with van der Waals surface area (Å²) in [5.41, 5.74) is 1.63. The zero-order chi connectivity index (χ0) is 23.1. The monoisotopic (exact) mass is 486 g/mol. The SMILES string of the molecule is COc1cc(/C=C(\C#N)C(=O)Nc2ccccc2Cl)cc(Cl)c1OCc1cccc(Cl)c1. The molecule has 5 nitrogen and oxygen atoms in total. The Kier molecular flexibility index (Phi) is 8.02. The maximum absolute atomic E-state index is 12.5. The summed E-state index contributed by atoms with van der Waals surface area (Å²) < 4.78 is 11.2. The van der Waals surface area contributed by atoms with Crippen molar-refractivity contribution in [2.75, 3.05) is 12.4 Å². The van der Waals surface area contributed by atoms with Gasteiger partial charge in [-0.05, 0) is 53.6 Å². The van der Waals surface area contributed by atoms with Crippen molar-refractivity contribution in [3.05, 3.63) is 92.4 Å². The number of nitrogens with one attached hydrogen (secondary N) is 1. The third kappa shape index (κ3) is 5.95. The molecule has 0 atom stereocenters. The molecule has 32 heavy (non-hydrogen) atoms. The summed E-state index contributed by atoms with van der Waals surface area (Å²) >= 11 is 18.5. The number of rotatable bonds is 7. The Morgan fingerprint density at radius 1 is 1.06 bits per heavy atom. The predicted octanol–water partition coefficient (Wildman–Crippen LogP) is 6.78. The number of hydrogen-bond acceptors (Lipinski definition) is 4. The van der Waals surface area contributed by atoms with Crippen molar-refractivity contribution in [1.29, 1.82) is 5.26 Å². The average molecular weight is 488 g/mol. The molecule has 3 rings (SSSR count). The molecule has 3 aromatic carbocycles. The number of halogens is 3. The number of benzene rings is 3. The minimum atomic E-state index is -0.600. The smallest absolute Gasteiger partial charge is 0.266 e. The molecule has 0 fully saturated rings. The molecule has 162 valence electrons. The maximum atomic E-state index is 12.5. The number of anilines is 1. The third-order valence-electron chi connectivity index (χ3n) is 4.32. The fourth-order valence-electron chi connectivity index (χ4n) is 2.81. The van der Waals surface area contributed by atoms with Gasteiger partial charge in [-0.1, -0.05) is 59.1 Å². The molecule has 0 heterocycles. The average Bonchev–Trinajstić information content (AvgIpc) is 2.77. The van der Waals surface area contributed by atoms with Gasteiger partial charge in [0.05, 0.1) is 22.8 Å². The second-order valence-corrected chi connectivity index (χ2v) is 7.81. The van der Waals surface area contributed by atoms with Gasteiger partial charge in [0, 0.05) is 5.02 Å². The lowest BCUT2D eigenvalue weighted by molar-refractivity contribution is -0.112. The van der Waals surface area contributed by atoms with Crippen LogP contribution in [0.1, 0.15) is 11.1 Å². The first-order valence-corrected chi connectivity index (χ1v) is 10.5. The van der Waals surface area contributed by atoms with E-state index < -0.39 is 5.91 Å². The fraction of sp³-hybridized carbons (Fsp3) is 0.0833. The molecule has 8 heteroatoms. The molecule has 0 radical (unpaired) electrons. The van der Waals surface area contributed by atoms with Crippen molar-refractivity contribution in [2.45, 2.75) is 6.61 Å². The van der Waals surface area contributed by atoms with E-state index in [1.807, 2.05) is 18.2 Å². The van der Waals surface area contributed by atoms with Crippen molar-refractivity contribution in [1.82, 2.24) is 0 Å². The van der Waals surface area contributed by atoms with Gasteiger partial charge in [0.1, 0.15) is 18.2 Å². The summed E-state index contributed by atoms with van der Waals surface area (Å²) in [6, 6.07) is 19.1. The standard InChI is InChI=1S/C24H17Cl3N2O3/c1-31-22-12-16(9-17(13-28)24(30)29-21-8-3-2-7-19(21)26)11-20(27)23(22)32-14-15-5-4-6-18(25)10-15/h2-12H,14H2,1H3,(H,29,30)/b17-9+. The largest absolute Gasteiger partial charge is 0.493 e. The number of amides is 1. The number of hydrogen-bond donors (Lipinski definition) is 1. The van der Waals surface area contributed by atoms with Crippen LogP contribution in [0, 0.1) is 11.3 Å². The first-order valence-electron chi connectivity index (χ1n) is 9.33. The third-order valence-corrected chi connectivity index (χ3v) is 5.17. The molecule has 0 spiro atoms. The molecule has 0 aromatic heterocycles. The van der Waals surface area contributed by atoms with Crippen LogP contribution in [0.5, 0.6) is 11.5 Å². The molecule has 0 aliphatic carbocycles. The molecule has 0 unspecified atom stereocenters. The van der Waals surface area contributed by atoms with Crippen molar-refractivity contribution >= 4 is 52.5 Å². The van der Waals surface area contributed by atoms with Gasteiger partial charge in [0.15, 0.2) is 11.5 Å². The summed E-state index contributed by atoms with van der Waals surface area (Å²) in [5, 5.41) is 13.3. The van der Waals surface area contributed by atoms with Gasteiger partial charge < -0.3 is 14.8 Å². The Balaban J connectivity index is 1.83. The van der Waals surface area contributed by atoms with Crippen LogP contribution in [0.2, 0.25) is 15.1 Å². The Morgan fingerprint density at radius 2 is 1.84 bits per heavy atom. The lowest BCUT2D eigenvalue weighted by Crippen LogP contribution is -2.13. The van der Waals surface area contributed by atoms with Crippen LogP contribution < -0.4 is 14.8 Å². The summed E-state index contributed by atoms with van der Waals surface area (Å²) in [6.45, 7) is 0.232. The highest BCUT2D eigenvalue weighted by molar-refractivity contribution is 6.34. The van der Waals surface area contributed by atoms with Gasteiger partial charge in [-0.25, -0.2) is 0 Å². The Hall–Kier alpha value is -3.17. The van der Waals surface area contributed by atoms with E-state index in [1.54, 1.807) is 48.5 Å². The number of methoxy groups -OCH3 is 1. The van der Waals surface area contributed by atoms with E-state index in [4.69, 9.17) is 44.3 Å². The highest BCUT2D eigenvalue weighted by Crippen LogP contribution is 2.37. The van der Waals surface area contributed by atoms with Gasteiger partial charge in [0.2, 0.25) is 0 Å². The summed E-state index contributed by atoms with van der Waals surface area (Å²) in [5.74, 6) is 0.0943. The van der Waals surface area contributed by atoms with Crippen LogP contribution in [0.3, 0.4) is 0 Å². The van der Waals surface area contributed by atoms with Crippen molar-refractivity contribution < 1.29 is 14.3 Å². The molecule has 3 aromatic rings. The minimum absolute atomic E-state index is 0.129. The van der Waals surface area contributed by atoms with Crippen molar-refractivity contribution in [3.8, 4) is 17.6 Å². The minimum Gasteiger partial charge on any atom is -0.493 e. The van der Waals surface area contributed by atoms with Crippen molar-refractivity contribution in [3.63, 3.8) is 0 Å². The first kappa shape index (κ1) is 23.5. The summed E-state index contributed by atoms with van der Waals surface area (Å²) in [7, 11) is 1.47. The van der Waals surface area contributed by atoms with Gasteiger partial charge in [-0.2, -0.15) is 5.26 Å². The van der Waals surface area contributed by atoms with E-state index in [0.29, 0.717) is 32.8 Å². The molecular formula is C24H17Cl3N2O3. The van der Waals surface area contributed by atoms with Crippen LogP contribution in [0.15, 0.2) is 66.2 Å². The van der Waals surface area contributed by atoms with Crippen molar-refractivity contribution in [2.24, 2.45) is 0 Å². The quantitative estimate of drug-likeness (QED) is 0.294. The first-order chi connectivity index (χ1) is 15.4. The van der Waals surface area contributed by atoms with Crippen LogP contribution in [0.4, 0.5) is 5.69 Å². The second kappa shape index (κ2) is 10.9. The van der Waals surface area contributed by atoms with Crippen LogP contribution in [0.25, 0.3) is 6.08 Å². The van der Waals surface area contributed by atoms with E-state index in [1.165, 1.54) is 13.2 Å². The normalized spacial score (nSPS) is 10.9. The van der Waals surface area contributed by atoms with Crippen LogP contribution >= 0.6 is 34.8 Å². The topological polar surface area (TPSA) is 71.3 Å². The molecule has 0 saturated heterocycles. The lowest BCUT2D eigenvalue weighted by Gasteiger charge is -2.14. The maximum Gasteiger partial charge on any atom is 0.266 e.